The highest BCUT2D eigenvalue weighted by atomic mass is 16.5. The lowest BCUT2D eigenvalue weighted by Crippen LogP contribution is -2.24. The van der Waals surface area contributed by atoms with E-state index in [-0.39, 0.29) is 29.5 Å². The Bertz CT molecular complexity index is 976. The number of hydrogen-bond acceptors (Lipinski definition) is 6. The maximum Gasteiger partial charge on any atom is 0.193 e. The number of ketones is 1. The maximum atomic E-state index is 13.0. The lowest BCUT2D eigenvalue weighted by atomic mass is 9.90. The van der Waals surface area contributed by atoms with Gasteiger partial charge >= 0.3 is 0 Å². The van der Waals surface area contributed by atoms with E-state index in [1.165, 1.54) is 13.2 Å². The molecule has 1 heterocycles. The minimum atomic E-state index is -0.376. The zero-order chi connectivity index (χ0) is 21.7. The third kappa shape index (κ3) is 4.56. The number of likely N-dealkylation sites (N-methyl/N-ethyl adjacent to an activating group) is 1. The number of methoxy groups -OCH3 is 2. The first kappa shape index (κ1) is 21.6. The summed E-state index contributed by atoms with van der Waals surface area (Å²) in [4.78, 5) is 15.1. The van der Waals surface area contributed by atoms with Gasteiger partial charge in [-0.05, 0) is 54.4 Å². The van der Waals surface area contributed by atoms with Crippen LogP contribution in [0.25, 0.3) is 11.6 Å². The second kappa shape index (κ2) is 9.61. The molecule has 0 aromatic heterocycles. The van der Waals surface area contributed by atoms with Crippen LogP contribution < -0.4 is 9.47 Å². The van der Waals surface area contributed by atoms with E-state index in [4.69, 9.17) is 9.47 Å². The molecule has 0 saturated heterocycles. The predicted octanol–water partition coefficient (Wildman–Crippen LogP) is 3.52. The van der Waals surface area contributed by atoms with E-state index in [0.717, 1.165) is 36.4 Å². The van der Waals surface area contributed by atoms with Crippen molar-refractivity contribution in [2.75, 3.05) is 34.4 Å². The van der Waals surface area contributed by atoms with Gasteiger partial charge in [-0.25, -0.2) is 0 Å². The number of aromatic hydroxyl groups is 1. The molecule has 1 aliphatic heterocycles. The first-order valence-electron chi connectivity index (χ1n) is 9.76. The van der Waals surface area contributed by atoms with Gasteiger partial charge in [-0.1, -0.05) is 24.3 Å². The Morgan fingerprint density at radius 3 is 2.50 bits per heavy atom. The summed E-state index contributed by atoms with van der Waals surface area (Å²) < 4.78 is 10.5. The Morgan fingerprint density at radius 2 is 1.93 bits per heavy atom. The van der Waals surface area contributed by atoms with Gasteiger partial charge in [0.1, 0.15) is 22.8 Å². The van der Waals surface area contributed by atoms with E-state index < -0.39 is 0 Å². The summed E-state index contributed by atoms with van der Waals surface area (Å²) in [6.45, 7) is 1.32. The lowest BCUT2D eigenvalue weighted by molar-refractivity contribution is 0.104. The van der Waals surface area contributed by atoms with Gasteiger partial charge in [-0.3, -0.25) is 4.79 Å². The summed E-state index contributed by atoms with van der Waals surface area (Å²) in [6, 6.07) is 8.92. The molecule has 2 aromatic rings. The van der Waals surface area contributed by atoms with Gasteiger partial charge in [0.05, 0.1) is 20.8 Å². The van der Waals surface area contributed by atoms with Crippen LogP contribution >= 0.6 is 0 Å². The van der Waals surface area contributed by atoms with Crippen molar-refractivity contribution in [3.05, 3.63) is 64.7 Å². The van der Waals surface area contributed by atoms with Crippen molar-refractivity contribution in [3.8, 4) is 17.2 Å². The number of phenols is 1. The van der Waals surface area contributed by atoms with Crippen molar-refractivity contribution >= 4 is 17.4 Å². The molecule has 0 fully saturated rings. The monoisotopic (exact) mass is 409 g/mol. The van der Waals surface area contributed by atoms with Crippen molar-refractivity contribution < 1.29 is 24.5 Å². The minimum Gasteiger partial charge on any atom is -0.506 e. The minimum absolute atomic E-state index is 0.0919. The molecule has 6 nitrogen and oxygen atoms in total. The Kier molecular flexibility index (Phi) is 6.92. The average Bonchev–Trinajstić information content (AvgIpc) is 2.77. The molecule has 0 radical (unpaired) electrons. The largest absolute Gasteiger partial charge is 0.506 e. The third-order valence-corrected chi connectivity index (χ3v) is 5.26. The summed E-state index contributed by atoms with van der Waals surface area (Å²) in [5.41, 5.74) is 2.90. The number of hydrogen-bond donors (Lipinski definition) is 2. The number of carbonyl (C=O) groups excluding carboxylic acids is 1. The SMILES string of the molecule is COc1ccc(C=CC(=O)c2c(OC)cc(CO)c(C3=CCN(C)CC3)c2O)cc1. The summed E-state index contributed by atoms with van der Waals surface area (Å²) in [5, 5.41) is 20.9. The standard InChI is InChI=1S/C24H27NO5/c1-25-12-10-17(11-13-25)22-18(15-26)14-21(30-3)23(24(22)28)20(27)9-6-16-4-7-19(29-2)8-5-16/h4-10,14,26,28H,11-13,15H2,1-3H3. The number of carbonyl (C=O) groups is 1. The number of aliphatic hydroxyl groups is 1. The summed E-state index contributed by atoms with van der Waals surface area (Å²) in [5.74, 6) is 0.435. The number of nitrogens with zero attached hydrogens (tertiary/aromatic N) is 1. The van der Waals surface area contributed by atoms with Gasteiger partial charge < -0.3 is 24.6 Å². The molecule has 0 spiro atoms. The van der Waals surface area contributed by atoms with Crippen molar-refractivity contribution in [2.24, 2.45) is 0 Å². The number of aliphatic hydroxyl groups excluding tert-OH is 1. The third-order valence-electron chi connectivity index (χ3n) is 5.26. The van der Waals surface area contributed by atoms with Crippen molar-refractivity contribution in [2.45, 2.75) is 13.0 Å². The van der Waals surface area contributed by atoms with Crippen molar-refractivity contribution in [1.29, 1.82) is 0 Å². The van der Waals surface area contributed by atoms with E-state index in [1.807, 2.05) is 37.4 Å². The molecular weight excluding hydrogens is 382 g/mol. The van der Waals surface area contributed by atoms with E-state index in [0.29, 0.717) is 11.1 Å². The highest BCUT2D eigenvalue weighted by Gasteiger charge is 2.25. The molecule has 0 saturated carbocycles. The second-order valence-electron chi connectivity index (χ2n) is 7.21. The fourth-order valence-corrected chi connectivity index (χ4v) is 3.55. The van der Waals surface area contributed by atoms with Crippen LogP contribution in [0.3, 0.4) is 0 Å². The summed E-state index contributed by atoms with van der Waals surface area (Å²) in [6.07, 6.45) is 5.82. The zero-order valence-electron chi connectivity index (χ0n) is 17.5. The van der Waals surface area contributed by atoms with Crippen LogP contribution in [0.15, 0.2) is 42.5 Å². The van der Waals surface area contributed by atoms with Gasteiger partial charge in [0.15, 0.2) is 5.78 Å². The van der Waals surface area contributed by atoms with Gasteiger partial charge in [0, 0.05) is 18.7 Å². The van der Waals surface area contributed by atoms with Crippen LogP contribution in [-0.2, 0) is 6.61 Å². The first-order chi connectivity index (χ1) is 14.5. The van der Waals surface area contributed by atoms with Crippen LogP contribution in [0.5, 0.6) is 17.2 Å². The number of ether oxygens (including phenoxy) is 2. The quantitative estimate of drug-likeness (QED) is 0.538. The Balaban J connectivity index is 2.01. The molecule has 30 heavy (non-hydrogen) atoms. The molecule has 6 heteroatoms. The molecule has 2 aromatic carbocycles. The Labute approximate surface area is 176 Å². The van der Waals surface area contributed by atoms with Crippen LogP contribution in [0.2, 0.25) is 0 Å². The van der Waals surface area contributed by atoms with Gasteiger partial charge in [0.25, 0.3) is 0 Å². The van der Waals surface area contributed by atoms with E-state index in [2.05, 4.69) is 4.90 Å². The summed E-state index contributed by atoms with van der Waals surface area (Å²) in [7, 11) is 5.05. The lowest BCUT2D eigenvalue weighted by Gasteiger charge is -2.25. The van der Waals surface area contributed by atoms with E-state index in [9.17, 15) is 15.0 Å². The van der Waals surface area contributed by atoms with E-state index >= 15 is 0 Å². The Hall–Kier alpha value is -3.09. The highest BCUT2D eigenvalue weighted by Crippen LogP contribution is 2.40. The fourth-order valence-electron chi connectivity index (χ4n) is 3.55. The first-order valence-corrected chi connectivity index (χ1v) is 9.76. The van der Waals surface area contributed by atoms with Gasteiger partial charge in [-0.2, -0.15) is 0 Å². The number of allylic oxidation sites excluding steroid dienone is 1. The number of rotatable bonds is 7. The van der Waals surface area contributed by atoms with Gasteiger partial charge in [-0.15, -0.1) is 0 Å². The van der Waals surface area contributed by atoms with Crippen LogP contribution in [0.1, 0.15) is 33.5 Å². The fraction of sp³-hybridized carbons (Fsp3) is 0.292. The predicted molar refractivity (Wildman–Crippen MR) is 117 cm³/mol. The van der Waals surface area contributed by atoms with E-state index in [1.54, 1.807) is 19.3 Å². The van der Waals surface area contributed by atoms with Crippen LogP contribution in [-0.4, -0.2) is 55.3 Å². The smallest absolute Gasteiger partial charge is 0.193 e. The zero-order valence-corrected chi connectivity index (χ0v) is 17.5. The molecular formula is C24H27NO5. The molecule has 0 aliphatic carbocycles. The Morgan fingerprint density at radius 1 is 1.20 bits per heavy atom. The molecule has 0 amide bonds. The molecule has 0 bridgehead atoms. The highest BCUT2D eigenvalue weighted by molar-refractivity contribution is 6.11. The summed E-state index contributed by atoms with van der Waals surface area (Å²) >= 11 is 0. The van der Waals surface area contributed by atoms with Crippen LogP contribution in [0.4, 0.5) is 0 Å². The molecule has 0 unspecified atom stereocenters. The molecule has 0 atom stereocenters. The molecule has 1 aliphatic rings. The molecule has 3 rings (SSSR count). The molecule has 158 valence electrons. The van der Waals surface area contributed by atoms with Crippen molar-refractivity contribution in [1.82, 2.24) is 4.90 Å². The van der Waals surface area contributed by atoms with Gasteiger partial charge in [0.2, 0.25) is 0 Å². The molecule has 2 N–H and O–H groups in total. The number of phenolic OH excluding ortho intramolecular Hbond substituents is 1. The number of benzene rings is 2. The van der Waals surface area contributed by atoms with Crippen LogP contribution in [0, 0.1) is 0 Å². The van der Waals surface area contributed by atoms with Crippen molar-refractivity contribution in [3.63, 3.8) is 0 Å². The topological polar surface area (TPSA) is 79.2 Å². The normalized spacial score (nSPS) is 14.6. The second-order valence-corrected chi connectivity index (χ2v) is 7.21. The average molecular weight is 409 g/mol. The maximum absolute atomic E-state index is 13.0.